The molecule has 0 atom stereocenters. The van der Waals surface area contributed by atoms with E-state index in [1.54, 1.807) is 12.4 Å². The summed E-state index contributed by atoms with van der Waals surface area (Å²) in [5, 5.41) is 18.9. The molecular weight excluding hydrogens is 376 g/mol. The molecule has 0 amide bonds. The second-order valence-electron chi connectivity index (χ2n) is 7.32. The Balaban J connectivity index is 1.57. The minimum atomic E-state index is 0.606. The highest BCUT2D eigenvalue weighted by Gasteiger charge is 2.13. The maximum absolute atomic E-state index is 4.79. The van der Waals surface area contributed by atoms with Gasteiger partial charge in [0.2, 0.25) is 0 Å². The Bertz CT molecular complexity index is 1070. The lowest BCUT2D eigenvalue weighted by atomic mass is 9.99. The van der Waals surface area contributed by atoms with Crippen molar-refractivity contribution in [3.05, 3.63) is 59.9 Å². The van der Waals surface area contributed by atoms with Crippen molar-refractivity contribution >= 4 is 0 Å². The standard InChI is InChI=1S/C22H26N8/c1-3-5-13-30-21(24-20(27-30)6-4-2)14-16-7-9-17(10-8-16)18-11-12-23-15-19(18)22-25-28-29-26-22/h7-12,15H,3-6,13-14H2,1-2H3,(H,25,26,28,29). The van der Waals surface area contributed by atoms with Gasteiger partial charge in [-0.3, -0.25) is 4.98 Å². The summed E-state index contributed by atoms with van der Waals surface area (Å²) in [7, 11) is 0. The number of unbranched alkanes of at least 4 members (excludes halogenated alkanes) is 1. The number of benzene rings is 1. The normalized spacial score (nSPS) is 11.1. The number of hydrogen-bond acceptors (Lipinski definition) is 6. The molecule has 0 bridgehead atoms. The first-order valence-corrected chi connectivity index (χ1v) is 10.5. The number of rotatable bonds is 9. The van der Waals surface area contributed by atoms with Crippen molar-refractivity contribution in [3.8, 4) is 22.5 Å². The minimum Gasteiger partial charge on any atom is -0.264 e. The van der Waals surface area contributed by atoms with E-state index >= 15 is 0 Å². The lowest BCUT2D eigenvalue weighted by Crippen LogP contribution is -2.06. The zero-order valence-electron chi connectivity index (χ0n) is 17.4. The third kappa shape index (κ3) is 4.42. The number of nitrogens with zero attached hydrogens (tertiary/aromatic N) is 7. The Morgan fingerprint density at radius 1 is 1.00 bits per heavy atom. The van der Waals surface area contributed by atoms with E-state index in [1.165, 1.54) is 5.56 Å². The van der Waals surface area contributed by atoms with E-state index in [9.17, 15) is 0 Å². The fraction of sp³-hybridized carbons (Fsp3) is 0.364. The van der Waals surface area contributed by atoms with Crippen LogP contribution in [-0.4, -0.2) is 40.4 Å². The van der Waals surface area contributed by atoms with Crippen LogP contribution in [0.15, 0.2) is 42.7 Å². The molecule has 1 N–H and O–H groups in total. The van der Waals surface area contributed by atoms with Crippen LogP contribution < -0.4 is 0 Å². The summed E-state index contributed by atoms with van der Waals surface area (Å²) in [6.07, 6.45) is 8.57. The van der Waals surface area contributed by atoms with Crippen molar-refractivity contribution in [1.82, 2.24) is 40.4 Å². The molecule has 4 rings (SSSR count). The Morgan fingerprint density at radius 2 is 1.87 bits per heavy atom. The van der Waals surface area contributed by atoms with Crippen LogP contribution in [-0.2, 0) is 19.4 Å². The van der Waals surface area contributed by atoms with Gasteiger partial charge in [0.1, 0.15) is 5.82 Å². The van der Waals surface area contributed by atoms with Gasteiger partial charge in [0.05, 0.1) is 0 Å². The minimum absolute atomic E-state index is 0.606. The number of aryl methyl sites for hydroxylation is 2. The average Bonchev–Trinajstić information content (AvgIpc) is 3.44. The second kappa shape index (κ2) is 9.39. The number of aromatic amines is 1. The van der Waals surface area contributed by atoms with E-state index in [2.05, 4.69) is 68.4 Å². The molecule has 0 aliphatic carbocycles. The third-order valence-corrected chi connectivity index (χ3v) is 5.04. The first-order chi connectivity index (χ1) is 14.8. The topological polar surface area (TPSA) is 98.1 Å². The van der Waals surface area contributed by atoms with Crippen LogP contribution >= 0.6 is 0 Å². The molecular formula is C22H26N8. The van der Waals surface area contributed by atoms with E-state index < -0.39 is 0 Å². The van der Waals surface area contributed by atoms with Crippen molar-refractivity contribution in [1.29, 1.82) is 0 Å². The SMILES string of the molecule is CCCCn1nc(CCC)nc1Cc1ccc(-c2ccncc2-c2nnn[nH]2)cc1. The van der Waals surface area contributed by atoms with Crippen LogP contribution in [0.25, 0.3) is 22.5 Å². The van der Waals surface area contributed by atoms with Gasteiger partial charge in [-0.05, 0) is 46.0 Å². The molecule has 8 nitrogen and oxygen atoms in total. The Kier molecular flexibility index (Phi) is 6.22. The van der Waals surface area contributed by atoms with Crippen LogP contribution in [0.1, 0.15) is 50.3 Å². The highest BCUT2D eigenvalue weighted by atomic mass is 15.5. The Morgan fingerprint density at radius 3 is 2.60 bits per heavy atom. The number of H-pyrrole nitrogens is 1. The van der Waals surface area contributed by atoms with E-state index in [-0.39, 0.29) is 0 Å². The zero-order valence-corrected chi connectivity index (χ0v) is 17.4. The molecule has 0 saturated heterocycles. The molecule has 0 fully saturated rings. The summed E-state index contributed by atoms with van der Waals surface area (Å²) >= 11 is 0. The van der Waals surface area contributed by atoms with Crippen molar-refractivity contribution in [3.63, 3.8) is 0 Å². The summed E-state index contributed by atoms with van der Waals surface area (Å²) < 4.78 is 2.08. The monoisotopic (exact) mass is 402 g/mol. The summed E-state index contributed by atoms with van der Waals surface area (Å²) in [5.74, 6) is 2.59. The van der Waals surface area contributed by atoms with Crippen LogP contribution in [0.3, 0.4) is 0 Å². The fourth-order valence-corrected chi connectivity index (χ4v) is 3.47. The smallest absolute Gasteiger partial charge is 0.181 e. The first-order valence-electron chi connectivity index (χ1n) is 10.5. The Labute approximate surface area is 175 Å². The van der Waals surface area contributed by atoms with Gasteiger partial charge in [0.15, 0.2) is 11.6 Å². The van der Waals surface area contributed by atoms with Gasteiger partial charge in [-0.1, -0.05) is 44.5 Å². The first kappa shape index (κ1) is 19.9. The van der Waals surface area contributed by atoms with Gasteiger partial charge < -0.3 is 0 Å². The lowest BCUT2D eigenvalue weighted by molar-refractivity contribution is 0.545. The molecule has 3 aromatic heterocycles. The van der Waals surface area contributed by atoms with E-state index in [0.29, 0.717) is 5.82 Å². The summed E-state index contributed by atoms with van der Waals surface area (Å²) in [4.78, 5) is 9.01. The molecule has 0 aliphatic heterocycles. The van der Waals surface area contributed by atoms with Crippen molar-refractivity contribution in [2.75, 3.05) is 0 Å². The number of tetrazole rings is 1. The van der Waals surface area contributed by atoms with Crippen molar-refractivity contribution in [2.45, 2.75) is 52.5 Å². The summed E-state index contributed by atoms with van der Waals surface area (Å²) in [6, 6.07) is 10.5. The highest BCUT2D eigenvalue weighted by Crippen LogP contribution is 2.29. The molecule has 0 aliphatic rings. The van der Waals surface area contributed by atoms with Gasteiger partial charge in [0, 0.05) is 37.3 Å². The summed E-state index contributed by atoms with van der Waals surface area (Å²) in [6.45, 7) is 5.28. The molecule has 30 heavy (non-hydrogen) atoms. The molecule has 3 heterocycles. The molecule has 0 radical (unpaired) electrons. The van der Waals surface area contributed by atoms with Crippen LogP contribution in [0.2, 0.25) is 0 Å². The van der Waals surface area contributed by atoms with E-state index in [0.717, 1.165) is 67.0 Å². The maximum atomic E-state index is 4.79. The number of hydrogen-bond donors (Lipinski definition) is 1. The lowest BCUT2D eigenvalue weighted by Gasteiger charge is -2.08. The van der Waals surface area contributed by atoms with Gasteiger partial charge in [-0.2, -0.15) is 5.10 Å². The number of nitrogens with one attached hydrogen (secondary N) is 1. The van der Waals surface area contributed by atoms with Crippen molar-refractivity contribution < 1.29 is 0 Å². The van der Waals surface area contributed by atoms with Gasteiger partial charge in [0.25, 0.3) is 0 Å². The Hall–Kier alpha value is -3.42. The van der Waals surface area contributed by atoms with E-state index in [1.807, 2.05) is 6.07 Å². The molecule has 4 aromatic rings. The number of aromatic nitrogens is 8. The fourth-order valence-electron chi connectivity index (χ4n) is 3.47. The predicted octanol–water partition coefficient (Wildman–Crippen LogP) is 3.86. The molecule has 0 unspecified atom stereocenters. The number of pyridine rings is 1. The highest BCUT2D eigenvalue weighted by molar-refractivity contribution is 5.79. The average molecular weight is 403 g/mol. The largest absolute Gasteiger partial charge is 0.264 e. The van der Waals surface area contributed by atoms with Crippen molar-refractivity contribution in [2.24, 2.45) is 0 Å². The predicted molar refractivity (Wildman–Crippen MR) is 115 cm³/mol. The third-order valence-electron chi connectivity index (χ3n) is 5.04. The molecule has 1 aromatic carbocycles. The zero-order chi connectivity index (χ0) is 20.8. The van der Waals surface area contributed by atoms with Gasteiger partial charge in [-0.25, -0.2) is 14.8 Å². The van der Waals surface area contributed by atoms with Gasteiger partial charge >= 0.3 is 0 Å². The summed E-state index contributed by atoms with van der Waals surface area (Å²) in [5.41, 5.74) is 4.21. The van der Waals surface area contributed by atoms with Gasteiger partial charge in [-0.15, -0.1) is 5.10 Å². The van der Waals surface area contributed by atoms with Crippen LogP contribution in [0.4, 0.5) is 0 Å². The molecule has 0 spiro atoms. The van der Waals surface area contributed by atoms with E-state index in [4.69, 9.17) is 10.1 Å². The quantitative estimate of drug-likeness (QED) is 0.456. The molecule has 154 valence electrons. The van der Waals surface area contributed by atoms with Crippen LogP contribution in [0, 0.1) is 0 Å². The van der Waals surface area contributed by atoms with Crippen LogP contribution in [0.5, 0.6) is 0 Å². The second-order valence-corrected chi connectivity index (χ2v) is 7.32. The molecule has 8 heteroatoms. The molecule has 0 saturated carbocycles. The maximum Gasteiger partial charge on any atom is 0.181 e.